The number of nitro groups is 1. The van der Waals surface area contributed by atoms with E-state index in [2.05, 4.69) is 0 Å². The van der Waals surface area contributed by atoms with Gasteiger partial charge >= 0.3 is 0 Å². The zero-order chi connectivity index (χ0) is 25.8. The predicted molar refractivity (Wildman–Crippen MR) is 133 cm³/mol. The summed E-state index contributed by atoms with van der Waals surface area (Å²) in [7, 11) is 1.48. The number of benzene rings is 3. The number of ether oxygens (including phenoxy) is 2. The number of amides is 2. The van der Waals surface area contributed by atoms with E-state index in [-0.39, 0.29) is 34.3 Å². The summed E-state index contributed by atoms with van der Waals surface area (Å²) >= 11 is 6.79. The number of halogens is 2. The molecule has 1 aliphatic heterocycles. The molecule has 1 heterocycles. The van der Waals surface area contributed by atoms with Crippen molar-refractivity contribution >= 4 is 46.3 Å². The second-order valence-electron chi connectivity index (χ2n) is 7.59. The van der Waals surface area contributed by atoms with Gasteiger partial charge in [-0.3, -0.25) is 24.6 Å². The molecule has 1 saturated heterocycles. The van der Waals surface area contributed by atoms with Crippen LogP contribution in [-0.4, -0.2) is 28.1 Å². The van der Waals surface area contributed by atoms with Gasteiger partial charge in [-0.25, -0.2) is 4.39 Å². The van der Waals surface area contributed by atoms with Gasteiger partial charge in [0.2, 0.25) is 0 Å². The van der Waals surface area contributed by atoms with Crippen molar-refractivity contribution in [3.8, 4) is 11.5 Å². The number of hydrogen-bond acceptors (Lipinski definition) is 7. The molecule has 1 fully saturated rings. The molecule has 0 saturated carbocycles. The van der Waals surface area contributed by atoms with Crippen molar-refractivity contribution in [3.63, 3.8) is 0 Å². The van der Waals surface area contributed by atoms with Gasteiger partial charge in [-0.05, 0) is 65.4 Å². The maximum absolute atomic E-state index is 14.2. The molecular weight excluding hydrogens is 511 g/mol. The van der Waals surface area contributed by atoms with Gasteiger partial charge in [0.05, 0.1) is 23.5 Å². The molecule has 36 heavy (non-hydrogen) atoms. The number of non-ortho nitro benzene ring substituents is 1. The summed E-state index contributed by atoms with van der Waals surface area (Å²) in [5.74, 6) is -0.345. The molecule has 0 unspecified atom stereocenters. The fraction of sp³-hybridized carbons (Fsp3) is 0.120. The topological polar surface area (TPSA) is 99.0 Å². The highest BCUT2D eigenvalue weighted by molar-refractivity contribution is 8.18. The second kappa shape index (κ2) is 10.8. The molecule has 0 aromatic heterocycles. The molecule has 184 valence electrons. The van der Waals surface area contributed by atoms with E-state index in [0.29, 0.717) is 22.6 Å². The van der Waals surface area contributed by atoms with Crippen LogP contribution in [0.5, 0.6) is 11.5 Å². The fourth-order valence-corrected chi connectivity index (χ4v) is 4.46. The minimum atomic E-state index is -0.601. The Balaban J connectivity index is 1.52. The summed E-state index contributed by atoms with van der Waals surface area (Å²) in [6, 6.07) is 15.1. The molecule has 8 nitrogen and oxygen atoms in total. The molecule has 2 amide bonds. The Labute approximate surface area is 214 Å². The van der Waals surface area contributed by atoms with Crippen LogP contribution in [0.25, 0.3) is 6.08 Å². The van der Waals surface area contributed by atoms with E-state index >= 15 is 0 Å². The van der Waals surface area contributed by atoms with Crippen molar-refractivity contribution in [1.82, 2.24) is 4.90 Å². The van der Waals surface area contributed by atoms with E-state index in [1.807, 2.05) is 0 Å². The maximum atomic E-state index is 14.2. The maximum Gasteiger partial charge on any atom is 0.293 e. The third kappa shape index (κ3) is 5.50. The summed E-state index contributed by atoms with van der Waals surface area (Å²) in [4.78, 5) is 36.8. The predicted octanol–water partition coefficient (Wildman–Crippen LogP) is 6.21. The third-order valence-corrected chi connectivity index (χ3v) is 6.54. The van der Waals surface area contributed by atoms with Crippen LogP contribution in [0.15, 0.2) is 65.6 Å². The highest BCUT2D eigenvalue weighted by Crippen LogP contribution is 2.36. The summed E-state index contributed by atoms with van der Waals surface area (Å²) in [5.41, 5.74) is 1.32. The molecule has 4 rings (SSSR count). The molecule has 0 N–H and O–H groups in total. The lowest BCUT2D eigenvalue weighted by atomic mass is 10.1. The number of methoxy groups -OCH3 is 1. The van der Waals surface area contributed by atoms with Crippen molar-refractivity contribution in [2.45, 2.75) is 13.2 Å². The van der Waals surface area contributed by atoms with E-state index in [1.54, 1.807) is 30.3 Å². The van der Waals surface area contributed by atoms with Crippen LogP contribution in [0, 0.1) is 15.9 Å². The van der Waals surface area contributed by atoms with Gasteiger partial charge in [0.15, 0.2) is 11.5 Å². The Morgan fingerprint density at radius 3 is 2.53 bits per heavy atom. The van der Waals surface area contributed by atoms with Crippen LogP contribution < -0.4 is 9.47 Å². The summed E-state index contributed by atoms with van der Waals surface area (Å²) in [6.07, 6.45) is 1.53. The van der Waals surface area contributed by atoms with Gasteiger partial charge in [-0.15, -0.1) is 0 Å². The van der Waals surface area contributed by atoms with Crippen molar-refractivity contribution in [1.29, 1.82) is 0 Å². The van der Waals surface area contributed by atoms with E-state index in [9.17, 15) is 24.1 Å². The fourth-order valence-electron chi connectivity index (χ4n) is 3.40. The highest BCUT2D eigenvalue weighted by atomic mass is 35.5. The molecule has 1 aliphatic rings. The lowest BCUT2D eigenvalue weighted by molar-refractivity contribution is -0.384. The first-order valence-corrected chi connectivity index (χ1v) is 11.7. The second-order valence-corrected chi connectivity index (χ2v) is 8.99. The first-order valence-electron chi connectivity index (χ1n) is 10.5. The summed E-state index contributed by atoms with van der Waals surface area (Å²) in [6.45, 7) is -0.155. The van der Waals surface area contributed by atoms with Crippen LogP contribution in [0.3, 0.4) is 0 Å². The van der Waals surface area contributed by atoms with Gasteiger partial charge in [-0.2, -0.15) is 0 Å². The van der Waals surface area contributed by atoms with Gasteiger partial charge < -0.3 is 9.47 Å². The first-order chi connectivity index (χ1) is 17.3. The van der Waals surface area contributed by atoms with Crippen molar-refractivity contribution in [3.05, 3.63) is 103 Å². The van der Waals surface area contributed by atoms with Crippen LogP contribution in [0.2, 0.25) is 5.02 Å². The molecule has 3 aromatic rings. The molecule has 11 heteroatoms. The van der Waals surface area contributed by atoms with E-state index < -0.39 is 21.9 Å². The quantitative estimate of drug-likeness (QED) is 0.195. The van der Waals surface area contributed by atoms with Crippen LogP contribution >= 0.6 is 23.4 Å². The number of carbonyl (C=O) groups is 2. The Hall–Kier alpha value is -3.89. The highest BCUT2D eigenvalue weighted by Gasteiger charge is 2.36. The Morgan fingerprint density at radius 1 is 1.11 bits per heavy atom. The Kier molecular flexibility index (Phi) is 7.56. The van der Waals surface area contributed by atoms with Gasteiger partial charge in [-0.1, -0.05) is 23.7 Å². The van der Waals surface area contributed by atoms with Crippen LogP contribution in [-0.2, 0) is 17.9 Å². The number of thioether (sulfide) groups is 1. The van der Waals surface area contributed by atoms with Gasteiger partial charge in [0, 0.05) is 22.7 Å². The van der Waals surface area contributed by atoms with Crippen molar-refractivity contribution in [2.24, 2.45) is 0 Å². The monoisotopic (exact) mass is 528 g/mol. The lowest BCUT2D eigenvalue weighted by Crippen LogP contribution is -2.28. The smallest absolute Gasteiger partial charge is 0.293 e. The van der Waals surface area contributed by atoms with Crippen LogP contribution in [0.4, 0.5) is 14.9 Å². The summed E-state index contributed by atoms with van der Waals surface area (Å²) in [5, 5.41) is 10.4. The Bertz CT molecular complexity index is 1360. The normalized spacial score (nSPS) is 14.4. The number of imide groups is 1. The average molecular weight is 529 g/mol. The number of nitrogens with zero attached hydrogens (tertiary/aromatic N) is 2. The zero-order valence-corrected chi connectivity index (χ0v) is 20.3. The number of carbonyl (C=O) groups excluding carboxylic acids is 2. The first kappa shape index (κ1) is 25.2. The minimum Gasteiger partial charge on any atom is -0.493 e. The zero-order valence-electron chi connectivity index (χ0n) is 18.8. The molecule has 0 spiro atoms. The molecule has 3 aromatic carbocycles. The van der Waals surface area contributed by atoms with Gasteiger partial charge in [0.1, 0.15) is 12.4 Å². The standard InChI is InChI=1S/C25H18ClFN2O6S/c1-34-21-10-7-16(11-22(21)35-14-15-5-8-17(9-6-15)29(32)33)12-23-24(30)28(25(31)36-23)13-18-19(26)3-2-4-20(18)27/h2-12H,13-14H2,1H3/b23-12-. The van der Waals surface area contributed by atoms with Crippen LogP contribution in [0.1, 0.15) is 16.7 Å². The number of nitro benzene ring substituents is 1. The molecule has 0 atom stereocenters. The average Bonchev–Trinajstić information content (AvgIpc) is 3.12. The lowest BCUT2D eigenvalue weighted by Gasteiger charge is -2.14. The number of hydrogen-bond donors (Lipinski definition) is 0. The minimum absolute atomic E-state index is 0.0236. The van der Waals surface area contributed by atoms with E-state index in [1.165, 1.54) is 43.5 Å². The van der Waals surface area contributed by atoms with E-state index in [0.717, 1.165) is 16.7 Å². The number of rotatable bonds is 8. The van der Waals surface area contributed by atoms with Crippen molar-refractivity contribution in [2.75, 3.05) is 7.11 Å². The van der Waals surface area contributed by atoms with Crippen molar-refractivity contribution < 1.29 is 28.4 Å². The molecule has 0 bridgehead atoms. The van der Waals surface area contributed by atoms with E-state index in [4.69, 9.17) is 21.1 Å². The SMILES string of the molecule is COc1ccc(/C=C2\SC(=O)N(Cc3c(F)cccc3Cl)C2=O)cc1OCc1ccc([N+](=O)[O-])cc1. The Morgan fingerprint density at radius 2 is 1.86 bits per heavy atom. The largest absolute Gasteiger partial charge is 0.493 e. The third-order valence-electron chi connectivity index (χ3n) is 5.28. The van der Waals surface area contributed by atoms with Gasteiger partial charge in [0.25, 0.3) is 16.8 Å². The molecule has 0 radical (unpaired) electrons. The summed E-state index contributed by atoms with van der Waals surface area (Å²) < 4.78 is 25.3. The molecular formula is C25H18ClFN2O6S. The molecule has 0 aliphatic carbocycles.